The van der Waals surface area contributed by atoms with Gasteiger partial charge in [-0.05, 0) is 54.3 Å². The number of amides is 2. The molecule has 0 unspecified atom stereocenters. The molecule has 42 heavy (non-hydrogen) atoms. The van der Waals surface area contributed by atoms with E-state index in [2.05, 4.69) is 5.32 Å². The Morgan fingerprint density at radius 2 is 1.60 bits per heavy atom. The van der Waals surface area contributed by atoms with Crippen LogP contribution in [0.15, 0.2) is 66.7 Å². The first kappa shape index (κ1) is 32.4. The van der Waals surface area contributed by atoms with Gasteiger partial charge in [-0.3, -0.25) is 13.9 Å². The lowest BCUT2D eigenvalue weighted by molar-refractivity contribution is -0.140. The molecule has 3 aromatic rings. The van der Waals surface area contributed by atoms with Gasteiger partial charge in [0.1, 0.15) is 12.6 Å². The third-order valence-corrected chi connectivity index (χ3v) is 9.67. The molecular formula is C30H31Cl4N3O4S. The number of benzene rings is 3. The number of hydrogen-bond acceptors (Lipinski definition) is 4. The topological polar surface area (TPSA) is 86.8 Å². The number of nitrogens with zero attached hydrogens (tertiary/aromatic N) is 2. The van der Waals surface area contributed by atoms with Crippen molar-refractivity contribution in [3.8, 4) is 0 Å². The molecule has 7 nitrogen and oxygen atoms in total. The van der Waals surface area contributed by atoms with Crippen LogP contribution in [0.1, 0.15) is 36.8 Å². The van der Waals surface area contributed by atoms with E-state index in [1.54, 1.807) is 18.2 Å². The molecule has 224 valence electrons. The average molecular weight is 671 g/mol. The molecule has 3 aromatic carbocycles. The highest BCUT2D eigenvalue weighted by Gasteiger charge is 2.34. The standard InChI is InChI=1S/C30H31Cl4N3O4S/c1-42(40,41)37(24-13-14-25(32)27(34)17-24)19-29(38)36(18-21-11-12-22(31)16-26(21)33)28(15-20-7-3-2-4-8-20)30(39)35-23-9-5-6-10-23/h2-4,7-8,11-14,16-17,23,28H,5-6,9-10,15,18-19H2,1H3,(H,35,39)/t28-/m0/s1. The second kappa shape index (κ2) is 14.3. The van der Waals surface area contributed by atoms with Crippen LogP contribution in [0.2, 0.25) is 20.1 Å². The van der Waals surface area contributed by atoms with Crippen molar-refractivity contribution in [2.45, 2.75) is 50.7 Å². The minimum Gasteiger partial charge on any atom is -0.352 e. The van der Waals surface area contributed by atoms with E-state index in [0.717, 1.165) is 41.8 Å². The Bertz CT molecular complexity index is 1530. The molecule has 0 saturated heterocycles. The summed E-state index contributed by atoms with van der Waals surface area (Å²) in [6.45, 7) is -0.632. The molecule has 1 aliphatic carbocycles. The second-order valence-corrected chi connectivity index (χ2v) is 13.9. The van der Waals surface area contributed by atoms with E-state index in [1.165, 1.54) is 23.1 Å². The molecule has 1 atom stereocenters. The summed E-state index contributed by atoms with van der Waals surface area (Å²) in [5.74, 6) is -0.912. The Morgan fingerprint density at radius 3 is 2.21 bits per heavy atom. The third-order valence-electron chi connectivity index (χ3n) is 7.20. The van der Waals surface area contributed by atoms with Gasteiger partial charge in [0.2, 0.25) is 21.8 Å². The van der Waals surface area contributed by atoms with E-state index in [4.69, 9.17) is 46.4 Å². The number of hydrogen-bond donors (Lipinski definition) is 1. The van der Waals surface area contributed by atoms with Crippen molar-refractivity contribution in [1.29, 1.82) is 0 Å². The first-order valence-electron chi connectivity index (χ1n) is 13.4. The molecule has 0 aliphatic heterocycles. The lowest BCUT2D eigenvalue weighted by Gasteiger charge is -2.34. The van der Waals surface area contributed by atoms with Crippen LogP contribution in [-0.4, -0.2) is 50.0 Å². The maximum absolute atomic E-state index is 14.2. The minimum absolute atomic E-state index is 0.00979. The van der Waals surface area contributed by atoms with Crippen LogP contribution in [0.3, 0.4) is 0 Å². The van der Waals surface area contributed by atoms with Gasteiger partial charge < -0.3 is 10.2 Å². The SMILES string of the molecule is CS(=O)(=O)N(CC(=O)N(Cc1ccc(Cl)cc1Cl)[C@@H](Cc1ccccc1)C(=O)NC1CCCC1)c1ccc(Cl)c(Cl)c1. The van der Waals surface area contributed by atoms with Gasteiger partial charge in [0.25, 0.3) is 0 Å². The van der Waals surface area contributed by atoms with E-state index in [-0.39, 0.29) is 40.6 Å². The van der Waals surface area contributed by atoms with Crippen LogP contribution in [0.25, 0.3) is 0 Å². The summed E-state index contributed by atoms with van der Waals surface area (Å²) >= 11 is 24.9. The predicted molar refractivity (Wildman–Crippen MR) is 170 cm³/mol. The van der Waals surface area contributed by atoms with Gasteiger partial charge in [0.15, 0.2) is 0 Å². The number of carbonyl (C=O) groups is 2. The summed E-state index contributed by atoms with van der Waals surface area (Å²) < 4.78 is 26.8. The first-order chi connectivity index (χ1) is 19.9. The zero-order valence-electron chi connectivity index (χ0n) is 22.9. The van der Waals surface area contributed by atoms with E-state index < -0.39 is 28.5 Å². The fraction of sp³-hybridized carbons (Fsp3) is 0.333. The maximum Gasteiger partial charge on any atom is 0.244 e. The van der Waals surface area contributed by atoms with Crippen molar-refractivity contribution in [3.63, 3.8) is 0 Å². The van der Waals surface area contributed by atoms with Crippen molar-refractivity contribution in [3.05, 3.63) is 97.9 Å². The average Bonchev–Trinajstić information content (AvgIpc) is 3.45. The number of sulfonamides is 1. The van der Waals surface area contributed by atoms with Crippen LogP contribution in [0, 0.1) is 0 Å². The highest BCUT2D eigenvalue weighted by Crippen LogP contribution is 2.29. The minimum atomic E-state index is -3.95. The summed E-state index contributed by atoms with van der Waals surface area (Å²) in [7, 11) is -3.95. The molecule has 2 amide bonds. The van der Waals surface area contributed by atoms with Crippen LogP contribution in [0.5, 0.6) is 0 Å². The summed E-state index contributed by atoms with van der Waals surface area (Å²) in [5, 5.41) is 4.24. The van der Waals surface area contributed by atoms with Crippen molar-refractivity contribution in [2.75, 3.05) is 17.1 Å². The van der Waals surface area contributed by atoms with Gasteiger partial charge >= 0.3 is 0 Å². The molecule has 1 N–H and O–H groups in total. The molecule has 0 radical (unpaired) electrons. The largest absolute Gasteiger partial charge is 0.352 e. The van der Waals surface area contributed by atoms with E-state index in [0.29, 0.717) is 15.6 Å². The number of rotatable bonds is 11. The zero-order chi connectivity index (χ0) is 30.4. The molecule has 0 spiro atoms. The van der Waals surface area contributed by atoms with E-state index in [1.807, 2.05) is 30.3 Å². The first-order valence-corrected chi connectivity index (χ1v) is 16.8. The van der Waals surface area contributed by atoms with Gasteiger partial charge in [-0.15, -0.1) is 0 Å². The summed E-state index contributed by atoms with van der Waals surface area (Å²) in [4.78, 5) is 29.5. The highest BCUT2D eigenvalue weighted by atomic mass is 35.5. The zero-order valence-corrected chi connectivity index (χ0v) is 26.7. The number of halogens is 4. The van der Waals surface area contributed by atoms with Crippen molar-refractivity contribution >= 4 is 73.9 Å². The molecular weight excluding hydrogens is 640 g/mol. The number of anilines is 1. The third kappa shape index (κ3) is 8.54. The Hall–Kier alpha value is -2.49. The molecule has 0 heterocycles. The number of carbonyl (C=O) groups excluding carboxylic acids is 2. The van der Waals surface area contributed by atoms with Crippen LogP contribution >= 0.6 is 46.4 Å². The Kier molecular flexibility index (Phi) is 11.1. The monoisotopic (exact) mass is 669 g/mol. The molecule has 1 saturated carbocycles. The Balaban J connectivity index is 1.75. The summed E-state index contributed by atoms with van der Waals surface area (Å²) in [6.07, 6.45) is 4.97. The van der Waals surface area contributed by atoms with Crippen molar-refractivity contribution < 1.29 is 18.0 Å². The quantitative estimate of drug-likeness (QED) is 0.244. The molecule has 0 aromatic heterocycles. The van der Waals surface area contributed by atoms with Gasteiger partial charge in [-0.1, -0.05) is 95.6 Å². The Labute approximate surface area is 266 Å². The fourth-order valence-corrected chi connectivity index (χ4v) is 6.61. The maximum atomic E-state index is 14.2. The van der Waals surface area contributed by atoms with Gasteiger partial charge in [0.05, 0.1) is 22.0 Å². The summed E-state index contributed by atoms with van der Waals surface area (Å²) in [5.41, 5.74) is 1.56. The Morgan fingerprint density at radius 1 is 0.905 bits per heavy atom. The fourth-order valence-electron chi connectivity index (χ4n) is 5.01. The molecule has 1 aliphatic rings. The lowest BCUT2D eigenvalue weighted by atomic mass is 10.0. The van der Waals surface area contributed by atoms with Gasteiger partial charge in [-0.2, -0.15) is 0 Å². The predicted octanol–water partition coefficient (Wildman–Crippen LogP) is 6.77. The number of nitrogens with one attached hydrogen (secondary N) is 1. The normalized spacial score (nSPS) is 14.4. The smallest absolute Gasteiger partial charge is 0.244 e. The van der Waals surface area contributed by atoms with Gasteiger partial charge in [0, 0.05) is 29.1 Å². The van der Waals surface area contributed by atoms with Gasteiger partial charge in [-0.25, -0.2) is 8.42 Å². The van der Waals surface area contributed by atoms with Crippen LogP contribution < -0.4 is 9.62 Å². The van der Waals surface area contributed by atoms with Crippen molar-refractivity contribution in [1.82, 2.24) is 10.2 Å². The van der Waals surface area contributed by atoms with Crippen LogP contribution in [-0.2, 0) is 32.6 Å². The molecule has 1 fully saturated rings. The molecule has 4 rings (SSSR count). The lowest BCUT2D eigenvalue weighted by Crippen LogP contribution is -2.54. The van der Waals surface area contributed by atoms with E-state index >= 15 is 0 Å². The van der Waals surface area contributed by atoms with E-state index in [9.17, 15) is 18.0 Å². The molecule has 12 heteroatoms. The summed E-state index contributed by atoms with van der Waals surface area (Å²) in [6, 6.07) is 17.6. The molecule has 0 bridgehead atoms. The van der Waals surface area contributed by atoms with Crippen molar-refractivity contribution in [2.24, 2.45) is 0 Å². The highest BCUT2D eigenvalue weighted by molar-refractivity contribution is 7.92. The second-order valence-electron chi connectivity index (χ2n) is 10.3. The van der Waals surface area contributed by atoms with Crippen LogP contribution in [0.4, 0.5) is 5.69 Å².